The van der Waals surface area contributed by atoms with Crippen LogP contribution in [0.2, 0.25) is 0 Å². The van der Waals surface area contributed by atoms with E-state index in [4.69, 9.17) is 9.84 Å². The number of pyridine rings is 1. The number of hydrogen-bond donors (Lipinski definition) is 2. The minimum absolute atomic E-state index is 0.0833. The van der Waals surface area contributed by atoms with E-state index in [0.29, 0.717) is 11.4 Å². The van der Waals surface area contributed by atoms with Crippen LogP contribution in [0.1, 0.15) is 50.6 Å². The Kier molecular flexibility index (Phi) is 5.18. The minimum Gasteiger partial charge on any atom is -0.496 e. The summed E-state index contributed by atoms with van der Waals surface area (Å²) in [6.45, 7) is 5.38. The smallest absolute Gasteiger partial charge is 0.337 e. The highest BCUT2D eigenvalue weighted by molar-refractivity contribution is 5.94. The van der Waals surface area contributed by atoms with Crippen molar-refractivity contribution in [3.63, 3.8) is 0 Å². The molecule has 1 heterocycles. The average molecular weight is 328 g/mol. The Bertz CT molecular complexity index is 787. The predicted molar refractivity (Wildman–Crippen MR) is 89.5 cm³/mol. The lowest BCUT2D eigenvalue weighted by Crippen LogP contribution is -2.28. The molecule has 1 aromatic heterocycles. The molecule has 126 valence electrons. The van der Waals surface area contributed by atoms with E-state index >= 15 is 0 Å². The second kappa shape index (κ2) is 7.12. The lowest BCUT2D eigenvalue weighted by molar-refractivity contribution is 0.0694. The normalized spacial score (nSPS) is 11.7. The number of benzene rings is 1. The zero-order valence-corrected chi connectivity index (χ0v) is 14.1. The molecular formula is C18H20N2O4. The van der Waals surface area contributed by atoms with E-state index in [1.807, 2.05) is 32.0 Å². The van der Waals surface area contributed by atoms with Crippen molar-refractivity contribution >= 4 is 11.9 Å². The number of carbonyl (C=O) groups is 2. The molecule has 1 unspecified atom stereocenters. The van der Waals surface area contributed by atoms with Crippen LogP contribution in [0.4, 0.5) is 0 Å². The van der Waals surface area contributed by atoms with Crippen molar-refractivity contribution in [3.8, 4) is 5.75 Å². The van der Waals surface area contributed by atoms with Gasteiger partial charge in [0.05, 0.1) is 24.4 Å². The van der Waals surface area contributed by atoms with E-state index in [1.165, 1.54) is 12.1 Å². The fraction of sp³-hybridized carbons (Fsp3) is 0.278. The molecule has 0 spiro atoms. The van der Waals surface area contributed by atoms with E-state index in [2.05, 4.69) is 10.3 Å². The van der Waals surface area contributed by atoms with Gasteiger partial charge in [-0.3, -0.25) is 4.79 Å². The summed E-state index contributed by atoms with van der Waals surface area (Å²) in [7, 11) is 1.58. The van der Waals surface area contributed by atoms with Gasteiger partial charge < -0.3 is 15.2 Å². The first-order valence-electron chi connectivity index (χ1n) is 7.49. The summed E-state index contributed by atoms with van der Waals surface area (Å²) >= 11 is 0. The Labute approximate surface area is 140 Å². The highest BCUT2D eigenvalue weighted by atomic mass is 16.5. The molecule has 1 amide bonds. The molecule has 2 rings (SSSR count). The van der Waals surface area contributed by atoms with Gasteiger partial charge in [0.1, 0.15) is 11.4 Å². The third kappa shape index (κ3) is 3.71. The highest BCUT2D eigenvalue weighted by Gasteiger charge is 2.18. The summed E-state index contributed by atoms with van der Waals surface area (Å²) in [5.41, 5.74) is 2.49. The van der Waals surface area contributed by atoms with Crippen LogP contribution in [0.3, 0.4) is 0 Å². The van der Waals surface area contributed by atoms with E-state index in [-0.39, 0.29) is 23.2 Å². The van der Waals surface area contributed by atoms with E-state index in [1.54, 1.807) is 14.0 Å². The van der Waals surface area contributed by atoms with Crippen LogP contribution in [-0.4, -0.2) is 29.1 Å². The highest BCUT2D eigenvalue weighted by Crippen LogP contribution is 2.26. The molecule has 0 saturated carbocycles. The van der Waals surface area contributed by atoms with Gasteiger partial charge in [0.2, 0.25) is 0 Å². The molecule has 24 heavy (non-hydrogen) atoms. The first-order chi connectivity index (χ1) is 11.3. The van der Waals surface area contributed by atoms with Gasteiger partial charge in [-0.15, -0.1) is 0 Å². The lowest BCUT2D eigenvalue weighted by atomic mass is 10.0. The van der Waals surface area contributed by atoms with Gasteiger partial charge in [-0.25, -0.2) is 9.78 Å². The van der Waals surface area contributed by atoms with Crippen LogP contribution in [0.5, 0.6) is 5.75 Å². The van der Waals surface area contributed by atoms with Gasteiger partial charge in [-0.05, 0) is 39.0 Å². The molecule has 2 N–H and O–H groups in total. The third-order valence-corrected chi connectivity index (χ3v) is 3.75. The van der Waals surface area contributed by atoms with Crippen LogP contribution < -0.4 is 10.1 Å². The van der Waals surface area contributed by atoms with Crippen LogP contribution in [0.15, 0.2) is 30.3 Å². The molecule has 0 aliphatic carbocycles. The van der Waals surface area contributed by atoms with Crippen molar-refractivity contribution in [2.24, 2.45) is 0 Å². The zero-order valence-electron chi connectivity index (χ0n) is 14.1. The Hall–Kier alpha value is -2.89. The Balaban J connectivity index is 2.22. The number of carboxylic acid groups (broad SMARTS) is 1. The number of aromatic nitrogens is 1. The van der Waals surface area contributed by atoms with E-state index in [0.717, 1.165) is 11.1 Å². The molecule has 0 saturated heterocycles. The summed E-state index contributed by atoms with van der Waals surface area (Å²) in [6.07, 6.45) is 0. The number of nitrogens with one attached hydrogen (secondary N) is 1. The number of rotatable bonds is 5. The lowest BCUT2D eigenvalue weighted by Gasteiger charge is -2.18. The number of amides is 1. The molecule has 2 aromatic rings. The molecule has 0 bridgehead atoms. The molecule has 0 fully saturated rings. The fourth-order valence-electron chi connectivity index (χ4n) is 2.45. The molecule has 0 aliphatic rings. The second-order valence-electron chi connectivity index (χ2n) is 5.58. The molecule has 0 radical (unpaired) electrons. The van der Waals surface area contributed by atoms with E-state index < -0.39 is 5.97 Å². The maximum atomic E-state index is 12.4. The zero-order chi connectivity index (χ0) is 17.9. The average Bonchev–Trinajstić information content (AvgIpc) is 2.54. The SMILES string of the molecule is COc1ccc(C)cc1C(C)NC(=O)c1ccc(C(=O)O)c(C)n1. The first kappa shape index (κ1) is 17.5. The van der Waals surface area contributed by atoms with Crippen molar-refractivity contribution in [2.45, 2.75) is 26.8 Å². The quantitative estimate of drug-likeness (QED) is 0.881. The Morgan fingerprint density at radius 1 is 1.21 bits per heavy atom. The van der Waals surface area contributed by atoms with Crippen molar-refractivity contribution in [1.29, 1.82) is 0 Å². The summed E-state index contributed by atoms with van der Waals surface area (Å²) in [5, 5.41) is 11.9. The van der Waals surface area contributed by atoms with Crippen LogP contribution >= 0.6 is 0 Å². The third-order valence-electron chi connectivity index (χ3n) is 3.75. The predicted octanol–water partition coefficient (Wildman–Crippen LogP) is 2.90. The van der Waals surface area contributed by atoms with Crippen molar-refractivity contribution < 1.29 is 19.4 Å². The van der Waals surface area contributed by atoms with Gasteiger partial charge in [0, 0.05) is 5.56 Å². The molecular weight excluding hydrogens is 308 g/mol. The Morgan fingerprint density at radius 3 is 2.50 bits per heavy atom. The molecule has 1 aromatic carbocycles. The molecule has 0 aliphatic heterocycles. The fourth-order valence-corrected chi connectivity index (χ4v) is 2.45. The minimum atomic E-state index is -1.06. The van der Waals surface area contributed by atoms with Gasteiger partial charge in [0.15, 0.2) is 0 Å². The number of nitrogens with zero attached hydrogens (tertiary/aromatic N) is 1. The van der Waals surface area contributed by atoms with Crippen molar-refractivity contribution in [1.82, 2.24) is 10.3 Å². The van der Waals surface area contributed by atoms with Gasteiger partial charge in [-0.1, -0.05) is 17.7 Å². The molecule has 6 heteroatoms. The molecule has 6 nitrogen and oxygen atoms in total. The summed E-state index contributed by atoms with van der Waals surface area (Å²) in [4.78, 5) is 27.5. The van der Waals surface area contributed by atoms with Crippen LogP contribution in [0.25, 0.3) is 0 Å². The maximum absolute atomic E-state index is 12.4. The Morgan fingerprint density at radius 2 is 1.92 bits per heavy atom. The van der Waals surface area contributed by atoms with Crippen molar-refractivity contribution in [3.05, 3.63) is 58.4 Å². The maximum Gasteiger partial charge on any atom is 0.337 e. The van der Waals surface area contributed by atoms with Gasteiger partial charge in [-0.2, -0.15) is 0 Å². The number of ether oxygens (including phenoxy) is 1. The second-order valence-corrected chi connectivity index (χ2v) is 5.58. The number of aryl methyl sites for hydroxylation is 2. The topological polar surface area (TPSA) is 88.5 Å². The van der Waals surface area contributed by atoms with E-state index in [9.17, 15) is 9.59 Å². The number of hydrogen-bond acceptors (Lipinski definition) is 4. The van der Waals surface area contributed by atoms with Crippen LogP contribution in [0, 0.1) is 13.8 Å². The van der Waals surface area contributed by atoms with Crippen LogP contribution in [-0.2, 0) is 0 Å². The number of aromatic carboxylic acids is 1. The molecule has 1 atom stereocenters. The van der Waals surface area contributed by atoms with Gasteiger partial charge >= 0.3 is 5.97 Å². The van der Waals surface area contributed by atoms with Crippen molar-refractivity contribution in [2.75, 3.05) is 7.11 Å². The first-order valence-corrected chi connectivity index (χ1v) is 7.49. The largest absolute Gasteiger partial charge is 0.496 e. The standard InChI is InChI=1S/C18H20N2O4/c1-10-5-8-16(24-4)14(9-10)12(3)20-17(21)15-7-6-13(18(22)23)11(2)19-15/h5-9,12H,1-4H3,(H,20,21)(H,22,23). The van der Waals surface area contributed by atoms with Gasteiger partial charge in [0.25, 0.3) is 5.91 Å². The summed E-state index contributed by atoms with van der Waals surface area (Å²) < 4.78 is 5.34. The summed E-state index contributed by atoms with van der Waals surface area (Å²) in [5.74, 6) is -0.741. The number of carboxylic acids is 1. The summed E-state index contributed by atoms with van der Waals surface area (Å²) in [6, 6.07) is 8.26. The monoisotopic (exact) mass is 328 g/mol. The number of carbonyl (C=O) groups excluding carboxylic acids is 1. The number of methoxy groups -OCH3 is 1.